The van der Waals surface area contributed by atoms with Crippen LogP contribution in [0.2, 0.25) is 0 Å². The van der Waals surface area contributed by atoms with Crippen LogP contribution in [-0.2, 0) is 6.54 Å². The van der Waals surface area contributed by atoms with Crippen LogP contribution < -0.4 is 5.56 Å². The van der Waals surface area contributed by atoms with E-state index in [1.54, 1.807) is 29.2 Å². The molecule has 1 saturated heterocycles. The first-order valence-corrected chi connectivity index (χ1v) is 9.81. The van der Waals surface area contributed by atoms with Gasteiger partial charge in [0.25, 0.3) is 11.5 Å². The highest BCUT2D eigenvalue weighted by Gasteiger charge is 2.23. The van der Waals surface area contributed by atoms with Crippen molar-refractivity contribution < 1.29 is 9.18 Å². The van der Waals surface area contributed by atoms with Crippen molar-refractivity contribution in [3.8, 4) is 0 Å². The van der Waals surface area contributed by atoms with Gasteiger partial charge in [-0.2, -0.15) is 4.98 Å². The maximum atomic E-state index is 14.4. The van der Waals surface area contributed by atoms with Crippen LogP contribution in [0.4, 0.5) is 4.39 Å². The quantitative estimate of drug-likeness (QED) is 0.682. The van der Waals surface area contributed by atoms with Gasteiger partial charge in [-0.05, 0) is 36.4 Å². The summed E-state index contributed by atoms with van der Waals surface area (Å²) in [6.07, 6.45) is 1.49. The number of hydrogen-bond donors (Lipinski definition) is 0. The molecule has 3 aromatic rings. The lowest BCUT2D eigenvalue weighted by molar-refractivity contribution is 0.0638. The normalized spacial score (nSPS) is 15.0. The van der Waals surface area contributed by atoms with Crippen molar-refractivity contribution in [2.75, 3.05) is 32.7 Å². The third-order valence-corrected chi connectivity index (χ3v) is 5.48. The Balaban J connectivity index is 1.60. The summed E-state index contributed by atoms with van der Waals surface area (Å²) in [5.41, 5.74) is 1.33. The first kappa shape index (κ1) is 19.3. The van der Waals surface area contributed by atoms with Crippen molar-refractivity contribution in [2.45, 2.75) is 13.5 Å². The molecule has 0 saturated carbocycles. The second kappa shape index (κ2) is 8.13. The molecule has 4 rings (SSSR count). The van der Waals surface area contributed by atoms with Crippen LogP contribution in [0.5, 0.6) is 0 Å². The summed E-state index contributed by atoms with van der Waals surface area (Å²) in [6, 6.07) is 11.8. The fourth-order valence-electron chi connectivity index (χ4n) is 3.75. The van der Waals surface area contributed by atoms with Gasteiger partial charge >= 0.3 is 0 Å². The Morgan fingerprint density at radius 1 is 1.10 bits per heavy atom. The van der Waals surface area contributed by atoms with Gasteiger partial charge in [0.05, 0.1) is 22.8 Å². The average molecular weight is 394 g/mol. The highest BCUT2D eigenvalue weighted by molar-refractivity contribution is 5.94. The largest absolute Gasteiger partial charge is 0.336 e. The minimum atomic E-state index is -0.514. The standard InChI is InChI=1S/C22H23FN4O2/c1-2-25-9-11-26(12-10-25)22(29)18-13-16(7-8-19(18)23)14-27-15-24-21(28)17-5-3-4-6-20(17)27/h3-8,13,15H,2,9-12,14H2,1H3. The number of fused-ring (bicyclic) bond motifs is 1. The fourth-order valence-corrected chi connectivity index (χ4v) is 3.75. The lowest BCUT2D eigenvalue weighted by atomic mass is 10.1. The first-order valence-electron chi connectivity index (χ1n) is 9.81. The van der Waals surface area contributed by atoms with Crippen LogP contribution in [0.15, 0.2) is 53.6 Å². The Kier molecular flexibility index (Phi) is 5.40. The highest BCUT2D eigenvalue weighted by Crippen LogP contribution is 2.17. The van der Waals surface area contributed by atoms with Crippen LogP contribution in [-0.4, -0.2) is 58.0 Å². The summed E-state index contributed by atoms with van der Waals surface area (Å²) in [5, 5.41) is 0.530. The third kappa shape index (κ3) is 3.91. The number of carbonyl (C=O) groups excluding carboxylic acids is 1. The third-order valence-electron chi connectivity index (χ3n) is 5.48. The summed E-state index contributed by atoms with van der Waals surface area (Å²) >= 11 is 0. The van der Waals surface area contributed by atoms with Crippen molar-refractivity contribution in [1.29, 1.82) is 0 Å². The average Bonchev–Trinajstić information content (AvgIpc) is 2.77. The fraction of sp³-hybridized carbons (Fsp3) is 0.318. The van der Waals surface area contributed by atoms with E-state index in [1.807, 2.05) is 16.7 Å². The molecule has 150 valence electrons. The second-order valence-corrected chi connectivity index (χ2v) is 7.24. The highest BCUT2D eigenvalue weighted by atomic mass is 19.1. The Labute approximate surface area is 168 Å². The van der Waals surface area contributed by atoms with Gasteiger partial charge in [0, 0.05) is 32.7 Å². The number of para-hydroxylation sites is 1. The van der Waals surface area contributed by atoms with Crippen molar-refractivity contribution >= 4 is 16.8 Å². The van der Waals surface area contributed by atoms with Crippen molar-refractivity contribution in [3.63, 3.8) is 0 Å². The number of carbonyl (C=O) groups is 1. The molecule has 0 N–H and O–H groups in total. The number of piperazine rings is 1. The molecule has 0 aliphatic carbocycles. The molecule has 0 atom stereocenters. The molecule has 1 amide bonds. The molecule has 2 heterocycles. The molecule has 2 aromatic carbocycles. The maximum Gasteiger partial charge on any atom is 0.280 e. The van der Waals surface area contributed by atoms with E-state index < -0.39 is 5.82 Å². The Morgan fingerprint density at radius 3 is 2.62 bits per heavy atom. The minimum Gasteiger partial charge on any atom is -0.336 e. The summed E-state index contributed by atoms with van der Waals surface area (Å²) in [7, 11) is 0. The summed E-state index contributed by atoms with van der Waals surface area (Å²) in [5.74, 6) is -0.789. The number of hydrogen-bond acceptors (Lipinski definition) is 4. The first-order chi connectivity index (χ1) is 14.1. The molecule has 1 aliphatic rings. The van der Waals surface area contributed by atoms with Crippen molar-refractivity contribution in [1.82, 2.24) is 19.4 Å². The molecular weight excluding hydrogens is 371 g/mol. The number of halogens is 1. The van der Waals surface area contributed by atoms with Gasteiger partial charge in [-0.15, -0.1) is 0 Å². The van der Waals surface area contributed by atoms with E-state index in [2.05, 4.69) is 16.8 Å². The molecule has 1 aromatic heterocycles. The molecule has 0 radical (unpaired) electrons. The van der Waals surface area contributed by atoms with Crippen LogP contribution in [0.3, 0.4) is 0 Å². The molecule has 0 unspecified atom stereocenters. The van der Waals surface area contributed by atoms with E-state index in [0.29, 0.717) is 25.0 Å². The van der Waals surface area contributed by atoms with E-state index in [1.165, 1.54) is 12.4 Å². The van der Waals surface area contributed by atoms with Crippen LogP contribution in [0, 0.1) is 5.82 Å². The Hall–Kier alpha value is -3.06. The SMILES string of the molecule is CCN1CCN(C(=O)c2cc(Cn3cnc(=O)c4ccccc43)ccc2F)CC1. The number of rotatable bonds is 4. The molecule has 0 bridgehead atoms. The van der Waals surface area contributed by atoms with Crippen LogP contribution in [0.25, 0.3) is 10.9 Å². The van der Waals surface area contributed by atoms with E-state index >= 15 is 0 Å². The predicted octanol–water partition coefficient (Wildman–Crippen LogP) is 2.36. The van der Waals surface area contributed by atoms with Gasteiger partial charge in [-0.3, -0.25) is 9.59 Å². The summed E-state index contributed by atoms with van der Waals surface area (Å²) in [4.78, 5) is 32.8. The van der Waals surface area contributed by atoms with Gasteiger partial charge in [0.15, 0.2) is 0 Å². The zero-order chi connectivity index (χ0) is 20.4. The molecule has 0 spiro atoms. The molecule has 6 nitrogen and oxygen atoms in total. The second-order valence-electron chi connectivity index (χ2n) is 7.24. The van der Waals surface area contributed by atoms with Crippen LogP contribution >= 0.6 is 0 Å². The minimum absolute atomic E-state index is 0.0887. The Bertz CT molecular complexity index is 1100. The zero-order valence-corrected chi connectivity index (χ0v) is 16.3. The van der Waals surface area contributed by atoms with Gasteiger partial charge in [-0.25, -0.2) is 4.39 Å². The number of benzene rings is 2. The van der Waals surface area contributed by atoms with E-state index in [0.717, 1.165) is 30.7 Å². The smallest absolute Gasteiger partial charge is 0.280 e. The molecule has 1 aliphatic heterocycles. The predicted molar refractivity (Wildman–Crippen MR) is 110 cm³/mol. The van der Waals surface area contributed by atoms with Crippen molar-refractivity contribution in [3.05, 3.63) is 76.1 Å². The van der Waals surface area contributed by atoms with Gasteiger partial charge in [-0.1, -0.05) is 25.1 Å². The molecule has 7 heteroatoms. The van der Waals surface area contributed by atoms with Gasteiger partial charge in [0.2, 0.25) is 0 Å². The number of aromatic nitrogens is 2. The van der Waals surface area contributed by atoms with Gasteiger partial charge in [0.1, 0.15) is 5.82 Å². The molecular formula is C22H23FN4O2. The van der Waals surface area contributed by atoms with Gasteiger partial charge < -0.3 is 14.4 Å². The van der Waals surface area contributed by atoms with Crippen molar-refractivity contribution in [2.24, 2.45) is 0 Å². The lowest BCUT2D eigenvalue weighted by Gasteiger charge is -2.34. The number of nitrogens with zero attached hydrogens (tertiary/aromatic N) is 4. The maximum absolute atomic E-state index is 14.4. The monoisotopic (exact) mass is 394 g/mol. The Morgan fingerprint density at radius 2 is 1.86 bits per heavy atom. The summed E-state index contributed by atoms with van der Waals surface area (Å²) < 4.78 is 16.3. The lowest BCUT2D eigenvalue weighted by Crippen LogP contribution is -2.48. The van der Waals surface area contributed by atoms with E-state index in [9.17, 15) is 14.0 Å². The molecule has 1 fully saturated rings. The van der Waals surface area contributed by atoms with E-state index in [-0.39, 0.29) is 17.0 Å². The number of likely N-dealkylation sites (N-methyl/N-ethyl adjacent to an activating group) is 1. The topological polar surface area (TPSA) is 58.4 Å². The zero-order valence-electron chi connectivity index (χ0n) is 16.3. The summed E-state index contributed by atoms with van der Waals surface area (Å²) in [6.45, 7) is 6.24. The van der Waals surface area contributed by atoms with E-state index in [4.69, 9.17) is 0 Å². The van der Waals surface area contributed by atoms with Crippen LogP contribution in [0.1, 0.15) is 22.8 Å². The number of amides is 1. The molecule has 29 heavy (non-hydrogen) atoms.